The molecule has 2 aromatic carbocycles. The van der Waals surface area contributed by atoms with Gasteiger partial charge in [-0.05, 0) is 68.8 Å². The molecular formula is C28H33FN6O2P+. The maximum absolute atomic E-state index is 13.0. The number of imide groups is 1. The number of fused-ring (bicyclic) bond motifs is 1. The van der Waals surface area contributed by atoms with E-state index in [0.29, 0.717) is 11.3 Å². The zero-order valence-corrected chi connectivity index (χ0v) is 22.8. The molecule has 2 aromatic heterocycles. The molecule has 3 N–H and O–H groups in total. The van der Waals surface area contributed by atoms with Gasteiger partial charge in [0.25, 0.3) is 0 Å². The zero-order valence-electron chi connectivity index (χ0n) is 21.9. The number of carbonyl (C=O) groups excluding carboxylic acids is 2. The first-order valence-electron chi connectivity index (χ1n) is 12.7. The van der Waals surface area contributed by atoms with Gasteiger partial charge in [-0.3, -0.25) is 10.1 Å². The molecule has 0 unspecified atom stereocenters. The van der Waals surface area contributed by atoms with Crippen LogP contribution >= 0.6 is 7.26 Å². The average Bonchev–Trinajstić information content (AvgIpc) is 3.33. The normalized spacial score (nSPS) is 11.4. The summed E-state index contributed by atoms with van der Waals surface area (Å²) in [6, 6.07) is 14.2. The Morgan fingerprint density at radius 2 is 1.58 bits per heavy atom. The van der Waals surface area contributed by atoms with Crippen molar-refractivity contribution >= 4 is 41.9 Å². The first kappa shape index (κ1) is 27.2. The summed E-state index contributed by atoms with van der Waals surface area (Å²) in [6.07, 6.45) is 8.20. The van der Waals surface area contributed by atoms with Gasteiger partial charge in [0.15, 0.2) is 5.82 Å². The number of halogens is 1. The second-order valence-electron chi connectivity index (χ2n) is 9.20. The second-order valence-corrected chi connectivity index (χ2v) is 14.1. The summed E-state index contributed by atoms with van der Waals surface area (Å²) in [5.74, 6) is -0.133. The number of nitrogens with zero attached hydrogens (tertiary/aromatic N) is 3. The van der Waals surface area contributed by atoms with E-state index in [9.17, 15) is 14.0 Å². The van der Waals surface area contributed by atoms with E-state index in [1.807, 2.05) is 22.8 Å². The molecule has 0 aliphatic rings. The second kappa shape index (κ2) is 12.1. The van der Waals surface area contributed by atoms with Crippen LogP contribution < -0.4 is 16.0 Å². The number of nitrogens with one attached hydrogen (secondary N) is 3. The van der Waals surface area contributed by atoms with E-state index in [1.165, 1.54) is 54.6 Å². The lowest BCUT2D eigenvalue weighted by molar-refractivity contribution is -0.119. The van der Waals surface area contributed by atoms with E-state index >= 15 is 0 Å². The van der Waals surface area contributed by atoms with Gasteiger partial charge in [-0.1, -0.05) is 12.1 Å². The molecule has 0 aliphatic carbocycles. The molecule has 0 saturated carbocycles. The van der Waals surface area contributed by atoms with Crippen LogP contribution in [-0.2, 0) is 17.4 Å². The lowest BCUT2D eigenvalue weighted by Gasteiger charge is -2.23. The van der Waals surface area contributed by atoms with Crippen LogP contribution in [0.25, 0.3) is 5.52 Å². The summed E-state index contributed by atoms with van der Waals surface area (Å²) >= 11 is 0. The van der Waals surface area contributed by atoms with Crippen molar-refractivity contribution in [1.82, 2.24) is 19.9 Å². The number of anilines is 3. The van der Waals surface area contributed by atoms with Gasteiger partial charge in [0.05, 0.1) is 31.1 Å². The number of hydrogen-bond donors (Lipinski definition) is 3. The third-order valence-electron chi connectivity index (χ3n) is 6.99. The Balaban J connectivity index is 1.41. The maximum Gasteiger partial charge on any atom is 0.325 e. The highest BCUT2D eigenvalue weighted by Gasteiger charge is 2.32. The van der Waals surface area contributed by atoms with Crippen molar-refractivity contribution in [2.45, 2.75) is 33.4 Å². The highest BCUT2D eigenvalue weighted by molar-refractivity contribution is 7.75. The van der Waals surface area contributed by atoms with Crippen molar-refractivity contribution in [2.75, 3.05) is 29.1 Å². The quantitative estimate of drug-likeness (QED) is 0.214. The number of carbonyl (C=O) groups is 2. The minimum Gasteiger partial charge on any atom is -0.338 e. The molecule has 0 spiro atoms. The topological polar surface area (TPSA) is 100 Å². The molecule has 4 rings (SSSR count). The molecule has 4 aromatic rings. The predicted octanol–water partition coefficient (Wildman–Crippen LogP) is 6.08. The van der Waals surface area contributed by atoms with E-state index in [2.05, 4.69) is 52.9 Å². The van der Waals surface area contributed by atoms with E-state index < -0.39 is 19.2 Å². The van der Waals surface area contributed by atoms with Crippen molar-refractivity contribution in [3.8, 4) is 0 Å². The summed E-state index contributed by atoms with van der Waals surface area (Å²) < 4.78 is 14.9. The number of benzene rings is 2. The van der Waals surface area contributed by atoms with Gasteiger partial charge >= 0.3 is 6.03 Å². The van der Waals surface area contributed by atoms with Crippen LogP contribution in [0.3, 0.4) is 0 Å². The number of urea groups is 1. The standard InChI is InChI=1S/C28H32FN6O2P/c1-4-38(5-2,6-3)18-21-15-16-35-26(21)27(30-19-31-35)32-23-11-13-24(14-12-23)33-28(37)34-25(36)17-20-7-9-22(29)10-8-20/h7-16,19H,4-6,17-18H2,1-3H3,(H2-,30,31,32,33,34,36,37)/p+1. The Hall–Kier alpha value is -3.84. The smallest absolute Gasteiger partial charge is 0.325 e. The number of amides is 3. The fourth-order valence-corrected chi connectivity index (χ4v) is 7.49. The molecule has 0 atom stereocenters. The fourth-order valence-electron chi connectivity index (χ4n) is 4.50. The van der Waals surface area contributed by atoms with Crippen LogP contribution in [0.4, 0.5) is 26.4 Å². The molecule has 3 amide bonds. The van der Waals surface area contributed by atoms with Crippen LogP contribution in [0.1, 0.15) is 31.9 Å². The number of rotatable bonds is 10. The molecule has 0 bridgehead atoms. The number of hydrogen-bond acceptors (Lipinski definition) is 5. The van der Waals surface area contributed by atoms with Gasteiger partial charge in [-0.15, -0.1) is 0 Å². The highest BCUT2D eigenvalue weighted by atomic mass is 31.2. The third-order valence-corrected chi connectivity index (χ3v) is 12.0. The van der Waals surface area contributed by atoms with Gasteiger partial charge in [-0.2, -0.15) is 5.10 Å². The zero-order chi connectivity index (χ0) is 27.1. The summed E-state index contributed by atoms with van der Waals surface area (Å²) in [5, 5.41) is 12.7. The Morgan fingerprint density at radius 1 is 0.921 bits per heavy atom. The highest BCUT2D eigenvalue weighted by Crippen LogP contribution is 2.61. The van der Waals surface area contributed by atoms with E-state index in [4.69, 9.17) is 0 Å². The SMILES string of the molecule is CC[P+](CC)(CC)Cc1ccn2ncnc(Nc3ccc(NC(=O)NC(=O)Cc4ccc(F)cc4)cc3)c12. The van der Waals surface area contributed by atoms with Crippen molar-refractivity contribution in [3.05, 3.63) is 84.1 Å². The van der Waals surface area contributed by atoms with Crippen molar-refractivity contribution in [1.29, 1.82) is 0 Å². The van der Waals surface area contributed by atoms with E-state index in [0.717, 1.165) is 23.2 Å². The third kappa shape index (κ3) is 6.53. The van der Waals surface area contributed by atoms with Gasteiger partial charge in [0, 0.05) is 30.4 Å². The molecular weight excluding hydrogens is 502 g/mol. The number of aromatic nitrogens is 3. The monoisotopic (exact) mass is 535 g/mol. The summed E-state index contributed by atoms with van der Waals surface area (Å²) in [7, 11) is -1.07. The first-order chi connectivity index (χ1) is 18.3. The summed E-state index contributed by atoms with van der Waals surface area (Å²) in [5.41, 5.74) is 4.19. The van der Waals surface area contributed by atoms with Gasteiger partial charge in [-0.25, -0.2) is 18.7 Å². The van der Waals surface area contributed by atoms with Crippen LogP contribution in [-0.4, -0.2) is 45.0 Å². The Kier molecular flexibility index (Phi) is 8.69. The van der Waals surface area contributed by atoms with Crippen molar-refractivity contribution < 1.29 is 14.0 Å². The van der Waals surface area contributed by atoms with Crippen LogP contribution in [0.2, 0.25) is 0 Å². The fraction of sp³-hybridized carbons (Fsp3) is 0.286. The minimum atomic E-state index is -1.07. The minimum absolute atomic E-state index is 0.0242. The van der Waals surface area contributed by atoms with E-state index in [1.54, 1.807) is 12.1 Å². The molecule has 198 valence electrons. The average molecular weight is 536 g/mol. The van der Waals surface area contributed by atoms with Crippen molar-refractivity contribution in [3.63, 3.8) is 0 Å². The lowest BCUT2D eigenvalue weighted by Crippen LogP contribution is -2.35. The summed E-state index contributed by atoms with van der Waals surface area (Å²) in [4.78, 5) is 28.9. The molecule has 10 heteroatoms. The predicted molar refractivity (Wildman–Crippen MR) is 152 cm³/mol. The molecule has 0 saturated heterocycles. The first-order valence-corrected chi connectivity index (χ1v) is 15.3. The largest absolute Gasteiger partial charge is 0.338 e. The van der Waals surface area contributed by atoms with Crippen LogP contribution in [0.15, 0.2) is 67.1 Å². The van der Waals surface area contributed by atoms with Crippen LogP contribution in [0.5, 0.6) is 0 Å². The Morgan fingerprint density at radius 3 is 2.24 bits per heavy atom. The molecule has 0 radical (unpaired) electrons. The van der Waals surface area contributed by atoms with Gasteiger partial charge in [0.2, 0.25) is 5.91 Å². The Labute approximate surface area is 222 Å². The molecule has 38 heavy (non-hydrogen) atoms. The lowest BCUT2D eigenvalue weighted by atomic mass is 10.1. The molecule has 8 nitrogen and oxygen atoms in total. The molecule has 0 aliphatic heterocycles. The molecule has 2 heterocycles. The summed E-state index contributed by atoms with van der Waals surface area (Å²) in [6.45, 7) is 6.89. The maximum atomic E-state index is 13.0. The van der Waals surface area contributed by atoms with Crippen molar-refractivity contribution in [2.24, 2.45) is 0 Å². The Bertz CT molecular complexity index is 1390. The van der Waals surface area contributed by atoms with E-state index in [-0.39, 0.29) is 12.2 Å². The molecule has 0 fully saturated rings. The van der Waals surface area contributed by atoms with Gasteiger partial charge < -0.3 is 10.6 Å². The van der Waals surface area contributed by atoms with Crippen LogP contribution in [0, 0.1) is 5.82 Å². The van der Waals surface area contributed by atoms with Gasteiger partial charge in [0.1, 0.15) is 17.7 Å².